The predicted molar refractivity (Wildman–Crippen MR) is 82.7 cm³/mol. The summed E-state index contributed by atoms with van der Waals surface area (Å²) in [6.45, 7) is 10.2. The average molecular weight is 277 g/mol. The summed E-state index contributed by atoms with van der Waals surface area (Å²) in [4.78, 5) is 0. The van der Waals surface area contributed by atoms with Gasteiger partial charge in [0.25, 0.3) is 0 Å². The van der Waals surface area contributed by atoms with Crippen LogP contribution in [0.5, 0.6) is 11.5 Å². The van der Waals surface area contributed by atoms with Crippen LogP contribution in [0.2, 0.25) is 0 Å². The van der Waals surface area contributed by atoms with Crippen molar-refractivity contribution in [2.75, 3.05) is 13.2 Å². The Bertz CT molecular complexity index is 439. The molecule has 3 heteroatoms. The third-order valence-corrected chi connectivity index (χ3v) is 3.83. The van der Waals surface area contributed by atoms with Gasteiger partial charge >= 0.3 is 0 Å². The molecule has 1 N–H and O–H groups in total. The van der Waals surface area contributed by atoms with E-state index < -0.39 is 0 Å². The molecule has 0 unspecified atom stereocenters. The third kappa shape index (κ3) is 3.66. The van der Waals surface area contributed by atoms with Crippen molar-refractivity contribution < 1.29 is 9.47 Å². The molecule has 0 aromatic heterocycles. The topological polar surface area (TPSA) is 30.5 Å². The molecule has 0 fully saturated rings. The fraction of sp³-hybridized carbons (Fsp3) is 0.647. The summed E-state index contributed by atoms with van der Waals surface area (Å²) >= 11 is 0. The van der Waals surface area contributed by atoms with Gasteiger partial charge in [-0.05, 0) is 32.8 Å². The minimum absolute atomic E-state index is 0.116. The second-order valence-corrected chi connectivity index (χ2v) is 6.10. The van der Waals surface area contributed by atoms with Crippen LogP contribution in [0.1, 0.15) is 46.1 Å². The van der Waals surface area contributed by atoms with Gasteiger partial charge in [-0.15, -0.1) is 0 Å². The molecular weight excluding hydrogens is 250 g/mol. The third-order valence-electron chi connectivity index (χ3n) is 3.83. The zero-order valence-corrected chi connectivity index (χ0v) is 13.2. The largest absolute Gasteiger partial charge is 0.488 e. The van der Waals surface area contributed by atoms with Crippen LogP contribution in [0.3, 0.4) is 0 Å². The number of benzene rings is 1. The van der Waals surface area contributed by atoms with Crippen LogP contribution < -0.4 is 14.8 Å². The van der Waals surface area contributed by atoms with Gasteiger partial charge in [-0.1, -0.05) is 26.0 Å². The van der Waals surface area contributed by atoms with E-state index in [-0.39, 0.29) is 5.60 Å². The Kier molecular flexibility index (Phi) is 4.92. The van der Waals surface area contributed by atoms with E-state index >= 15 is 0 Å². The number of nitrogens with one attached hydrogen (secondary N) is 1. The fourth-order valence-corrected chi connectivity index (χ4v) is 2.70. The Morgan fingerprint density at radius 1 is 1.30 bits per heavy atom. The van der Waals surface area contributed by atoms with E-state index in [4.69, 9.17) is 9.47 Å². The first-order chi connectivity index (χ1) is 9.55. The standard InChI is InChI=1S/C17H27NO2/c1-5-14(6-2)18-10-11-19-15-9-7-8-13-12-17(3,4)20-16(13)15/h7-9,14,18H,5-6,10-12H2,1-4H3. The molecule has 1 aromatic rings. The quantitative estimate of drug-likeness (QED) is 0.773. The van der Waals surface area contributed by atoms with Crippen LogP contribution in [0.15, 0.2) is 18.2 Å². The van der Waals surface area contributed by atoms with Gasteiger partial charge < -0.3 is 14.8 Å². The number of ether oxygens (including phenoxy) is 2. The molecule has 0 atom stereocenters. The van der Waals surface area contributed by atoms with Gasteiger partial charge in [0.05, 0.1) is 0 Å². The van der Waals surface area contributed by atoms with Crippen LogP contribution in [-0.4, -0.2) is 24.8 Å². The van der Waals surface area contributed by atoms with Gasteiger partial charge in [0.2, 0.25) is 0 Å². The molecule has 0 spiro atoms. The maximum absolute atomic E-state index is 6.00. The molecule has 1 heterocycles. The van der Waals surface area contributed by atoms with Crippen LogP contribution in [0.25, 0.3) is 0 Å². The lowest BCUT2D eigenvalue weighted by Gasteiger charge is -2.19. The highest BCUT2D eigenvalue weighted by atomic mass is 16.5. The normalized spacial score (nSPS) is 16.1. The van der Waals surface area contributed by atoms with E-state index in [1.807, 2.05) is 12.1 Å². The van der Waals surface area contributed by atoms with E-state index in [1.165, 1.54) is 5.56 Å². The maximum atomic E-state index is 6.00. The Labute approximate surface area is 122 Å². The first-order valence-corrected chi connectivity index (χ1v) is 7.73. The van der Waals surface area contributed by atoms with Crippen molar-refractivity contribution in [1.82, 2.24) is 5.32 Å². The van der Waals surface area contributed by atoms with Crippen molar-refractivity contribution in [3.05, 3.63) is 23.8 Å². The van der Waals surface area contributed by atoms with E-state index in [9.17, 15) is 0 Å². The van der Waals surface area contributed by atoms with Gasteiger partial charge in [-0.3, -0.25) is 0 Å². The highest BCUT2D eigenvalue weighted by Gasteiger charge is 2.32. The summed E-state index contributed by atoms with van der Waals surface area (Å²) in [5.41, 5.74) is 1.13. The SMILES string of the molecule is CCC(CC)NCCOc1cccc2c1OC(C)(C)C2. The van der Waals surface area contributed by atoms with Crippen LogP contribution in [0, 0.1) is 0 Å². The zero-order valence-electron chi connectivity index (χ0n) is 13.2. The first kappa shape index (κ1) is 15.2. The predicted octanol–water partition coefficient (Wildman–Crippen LogP) is 3.56. The second-order valence-electron chi connectivity index (χ2n) is 6.10. The van der Waals surface area contributed by atoms with E-state index in [2.05, 4.69) is 39.1 Å². The molecule has 0 radical (unpaired) electrons. The van der Waals surface area contributed by atoms with Gasteiger partial charge in [0.15, 0.2) is 11.5 Å². The zero-order chi connectivity index (χ0) is 14.6. The van der Waals surface area contributed by atoms with E-state index in [0.29, 0.717) is 12.6 Å². The van der Waals surface area contributed by atoms with E-state index in [0.717, 1.165) is 37.3 Å². The Morgan fingerprint density at radius 2 is 2.05 bits per heavy atom. The molecule has 1 aliphatic rings. The molecular formula is C17H27NO2. The Morgan fingerprint density at radius 3 is 2.75 bits per heavy atom. The van der Waals surface area contributed by atoms with Gasteiger partial charge in [-0.25, -0.2) is 0 Å². The van der Waals surface area contributed by atoms with Crippen molar-refractivity contribution in [3.63, 3.8) is 0 Å². The number of rotatable bonds is 7. The molecule has 0 saturated carbocycles. The lowest BCUT2D eigenvalue weighted by molar-refractivity contribution is 0.132. The molecule has 0 saturated heterocycles. The van der Waals surface area contributed by atoms with Crippen LogP contribution in [0.4, 0.5) is 0 Å². The molecule has 0 bridgehead atoms. The lowest BCUT2D eigenvalue weighted by Crippen LogP contribution is -2.31. The van der Waals surface area contributed by atoms with Gasteiger partial charge in [0.1, 0.15) is 12.2 Å². The number of hydrogen-bond acceptors (Lipinski definition) is 3. The number of para-hydroxylation sites is 1. The molecule has 112 valence electrons. The Balaban J connectivity index is 1.88. The van der Waals surface area contributed by atoms with Crippen molar-refractivity contribution in [1.29, 1.82) is 0 Å². The number of hydrogen-bond donors (Lipinski definition) is 1. The van der Waals surface area contributed by atoms with Crippen LogP contribution in [-0.2, 0) is 6.42 Å². The molecule has 1 aliphatic heterocycles. The van der Waals surface area contributed by atoms with Crippen molar-refractivity contribution in [2.45, 2.75) is 58.6 Å². The summed E-state index contributed by atoms with van der Waals surface area (Å²) in [5, 5.41) is 3.51. The fourth-order valence-electron chi connectivity index (χ4n) is 2.70. The molecule has 3 nitrogen and oxygen atoms in total. The summed E-state index contributed by atoms with van der Waals surface area (Å²) in [7, 11) is 0. The number of fused-ring (bicyclic) bond motifs is 1. The molecule has 1 aromatic carbocycles. The van der Waals surface area contributed by atoms with Crippen molar-refractivity contribution >= 4 is 0 Å². The second kappa shape index (κ2) is 6.49. The maximum Gasteiger partial charge on any atom is 0.165 e. The molecule has 0 amide bonds. The summed E-state index contributed by atoms with van der Waals surface area (Å²) < 4.78 is 11.9. The molecule has 2 rings (SSSR count). The minimum atomic E-state index is -0.116. The first-order valence-electron chi connectivity index (χ1n) is 7.73. The average Bonchev–Trinajstić information content (AvgIpc) is 2.73. The monoisotopic (exact) mass is 277 g/mol. The lowest BCUT2D eigenvalue weighted by atomic mass is 10.0. The summed E-state index contributed by atoms with van der Waals surface area (Å²) in [6, 6.07) is 6.76. The summed E-state index contributed by atoms with van der Waals surface area (Å²) in [5.74, 6) is 1.81. The van der Waals surface area contributed by atoms with Crippen molar-refractivity contribution in [2.24, 2.45) is 0 Å². The van der Waals surface area contributed by atoms with Crippen LogP contribution >= 0.6 is 0 Å². The van der Waals surface area contributed by atoms with Gasteiger partial charge in [0, 0.05) is 24.6 Å². The molecule has 0 aliphatic carbocycles. The van der Waals surface area contributed by atoms with Crippen molar-refractivity contribution in [3.8, 4) is 11.5 Å². The highest BCUT2D eigenvalue weighted by Crippen LogP contribution is 2.41. The Hall–Kier alpha value is -1.22. The van der Waals surface area contributed by atoms with E-state index in [1.54, 1.807) is 0 Å². The smallest absolute Gasteiger partial charge is 0.165 e. The van der Waals surface area contributed by atoms with Gasteiger partial charge in [-0.2, -0.15) is 0 Å². The highest BCUT2D eigenvalue weighted by molar-refractivity contribution is 5.50. The minimum Gasteiger partial charge on any atom is -0.488 e. The summed E-state index contributed by atoms with van der Waals surface area (Å²) in [6.07, 6.45) is 3.27. The molecule has 20 heavy (non-hydrogen) atoms.